The highest BCUT2D eigenvalue weighted by Crippen LogP contribution is 2.46. The summed E-state index contributed by atoms with van der Waals surface area (Å²) >= 11 is 0. The van der Waals surface area contributed by atoms with Crippen LogP contribution in [0.2, 0.25) is 0 Å². The minimum atomic E-state index is -0.0913. The van der Waals surface area contributed by atoms with E-state index in [-0.39, 0.29) is 13.4 Å². The van der Waals surface area contributed by atoms with Crippen LogP contribution in [0.1, 0.15) is 76.0 Å². The molecule has 0 atom stereocenters. The van der Waals surface area contributed by atoms with Crippen LogP contribution in [0.3, 0.4) is 0 Å². The molecule has 63 heavy (non-hydrogen) atoms. The van der Waals surface area contributed by atoms with E-state index in [0.29, 0.717) is 17.8 Å². The number of hydrogen-bond acceptors (Lipinski definition) is 4. The third-order valence-electron chi connectivity index (χ3n) is 13.3. The average molecular weight is 817 g/mol. The first-order chi connectivity index (χ1) is 30.7. The average Bonchev–Trinajstić information content (AvgIpc) is 3.30. The van der Waals surface area contributed by atoms with Crippen LogP contribution in [0, 0.1) is 0 Å². The molecule has 0 unspecified atom stereocenters. The van der Waals surface area contributed by atoms with Gasteiger partial charge in [0.2, 0.25) is 0 Å². The molecule has 4 nitrogen and oxygen atoms in total. The SMILES string of the molecule is CC(C)c1cc(C(C)C)c(B2c3ccccc3Oc3cc4c(cc32)B2c3ccccc3Oc3cc(N(c5ccccc5)c5ccccc5)cc(c32)N4c2ccccc2)c(C(C)C)c1. The van der Waals surface area contributed by atoms with Gasteiger partial charge in [-0.15, -0.1) is 0 Å². The monoisotopic (exact) mass is 816 g/mol. The second-order valence-corrected chi connectivity index (χ2v) is 18.2. The van der Waals surface area contributed by atoms with Crippen LogP contribution in [0.15, 0.2) is 176 Å². The molecule has 0 bridgehead atoms. The highest BCUT2D eigenvalue weighted by atomic mass is 16.5. The number of ether oxygens (including phenoxy) is 2. The molecule has 306 valence electrons. The van der Waals surface area contributed by atoms with Gasteiger partial charge in [-0.1, -0.05) is 156 Å². The molecule has 8 aromatic rings. The number of hydrogen-bond donors (Lipinski definition) is 0. The second-order valence-electron chi connectivity index (χ2n) is 18.2. The van der Waals surface area contributed by atoms with Crippen molar-refractivity contribution in [1.29, 1.82) is 0 Å². The van der Waals surface area contributed by atoms with Crippen LogP contribution in [-0.2, 0) is 0 Å². The van der Waals surface area contributed by atoms with Gasteiger partial charge in [0, 0.05) is 40.6 Å². The first-order valence-electron chi connectivity index (χ1n) is 22.6. The van der Waals surface area contributed by atoms with Crippen molar-refractivity contribution >= 4 is 80.3 Å². The van der Waals surface area contributed by atoms with E-state index in [4.69, 9.17) is 9.47 Å². The molecule has 6 heteroatoms. The van der Waals surface area contributed by atoms with Crippen molar-refractivity contribution in [2.45, 2.75) is 59.3 Å². The van der Waals surface area contributed by atoms with Gasteiger partial charge in [0.05, 0.1) is 5.69 Å². The molecule has 3 aliphatic heterocycles. The topological polar surface area (TPSA) is 24.9 Å². The summed E-state index contributed by atoms with van der Waals surface area (Å²) in [7, 11) is 0. The number of benzene rings is 8. The molecule has 8 aromatic carbocycles. The van der Waals surface area contributed by atoms with Crippen LogP contribution >= 0.6 is 0 Å². The molecular formula is C57H50B2N2O2. The van der Waals surface area contributed by atoms with Crippen molar-refractivity contribution in [1.82, 2.24) is 0 Å². The smallest absolute Gasteiger partial charge is 0.256 e. The van der Waals surface area contributed by atoms with Gasteiger partial charge >= 0.3 is 0 Å². The van der Waals surface area contributed by atoms with E-state index in [1.54, 1.807) is 0 Å². The first kappa shape index (κ1) is 39.0. The van der Waals surface area contributed by atoms with Gasteiger partial charge in [-0.05, 0) is 116 Å². The lowest BCUT2D eigenvalue weighted by molar-refractivity contribution is 0.487. The molecule has 0 N–H and O–H groups in total. The summed E-state index contributed by atoms with van der Waals surface area (Å²) in [6, 6.07) is 63.8. The van der Waals surface area contributed by atoms with Crippen LogP contribution in [0.5, 0.6) is 23.0 Å². The van der Waals surface area contributed by atoms with Crippen LogP contribution in [0.4, 0.5) is 34.1 Å². The highest BCUT2D eigenvalue weighted by Gasteiger charge is 2.45. The van der Waals surface area contributed by atoms with Crippen molar-refractivity contribution < 1.29 is 9.47 Å². The summed E-state index contributed by atoms with van der Waals surface area (Å²) in [5.74, 6) is 4.64. The van der Waals surface area contributed by atoms with Gasteiger partial charge < -0.3 is 19.3 Å². The predicted octanol–water partition coefficient (Wildman–Crippen LogP) is 11.6. The zero-order valence-electron chi connectivity index (χ0n) is 36.8. The minimum Gasteiger partial charge on any atom is -0.458 e. The number of fused-ring (bicyclic) bond motifs is 6. The van der Waals surface area contributed by atoms with E-state index in [2.05, 4.69) is 227 Å². The largest absolute Gasteiger partial charge is 0.458 e. The van der Waals surface area contributed by atoms with E-state index in [1.807, 2.05) is 0 Å². The fourth-order valence-electron chi connectivity index (χ4n) is 10.4. The van der Waals surface area contributed by atoms with Gasteiger partial charge in [0.15, 0.2) is 0 Å². The van der Waals surface area contributed by atoms with Gasteiger partial charge in [0.1, 0.15) is 23.0 Å². The Morgan fingerprint density at radius 3 is 1.46 bits per heavy atom. The highest BCUT2D eigenvalue weighted by molar-refractivity contribution is 7.01. The van der Waals surface area contributed by atoms with E-state index in [1.165, 1.54) is 38.5 Å². The number of anilines is 6. The van der Waals surface area contributed by atoms with E-state index < -0.39 is 0 Å². The Hall–Kier alpha value is -6.91. The molecule has 0 saturated carbocycles. The summed E-state index contributed by atoms with van der Waals surface area (Å²) < 4.78 is 14.2. The Morgan fingerprint density at radius 2 is 0.905 bits per heavy atom. The zero-order valence-corrected chi connectivity index (χ0v) is 36.8. The molecule has 3 aliphatic rings. The Morgan fingerprint density at radius 1 is 0.397 bits per heavy atom. The van der Waals surface area contributed by atoms with Crippen molar-refractivity contribution in [2.24, 2.45) is 0 Å². The molecule has 0 spiro atoms. The van der Waals surface area contributed by atoms with Crippen molar-refractivity contribution in [3.05, 3.63) is 193 Å². The van der Waals surface area contributed by atoms with Crippen molar-refractivity contribution in [3.8, 4) is 23.0 Å². The molecule has 0 radical (unpaired) electrons. The van der Waals surface area contributed by atoms with Crippen LogP contribution < -0.4 is 52.1 Å². The first-order valence-corrected chi connectivity index (χ1v) is 22.6. The normalized spacial score (nSPS) is 13.2. The molecule has 0 saturated heterocycles. The molecule has 0 amide bonds. The maximum Gasteiger partial charge on any atom is 0.256 e. The fraction of sp³-hybridized carbons (Fsp3) is 0.158. The molecule has 3 heterocycles. The maximum atomic E-state index is 7.12. The Kier molecular flexibility index (Phi) is 9.57. The van der Waals surface area contributed by atoms with E-state index in [9.17, 15) is 0 Å². The van der Waals surface area contributed by atoms with Gasteiger partial charge in [-0.3, -0.25) is 0 Å². The quantitative estimate of drug-likeness (QED) is 0.143. The fourth-order valence-corrected chi connectivity index (χ4v) is 10.4. The Bertz CT molecular complexity index is 2950. The van der Waals surface area contributed by atoms with E-state index >= 15 is 0 Å². The zero-order chi connectivity index (χ0) is 42.9. The number of para-hydroxylation sites is 5. The van der Waals surface area contributed by atoms with Crippen molar-refractivity contribution in [2.75, 3.05) is 9.80 Å². The lowest BCUT2D eigenvalue weighted by Crippen LogP contribution is -2.62. The second kappa shape index (κ2) is 15.5. The summed E-state index contributed by atoms with van der Waals surface area (Å²) in [6.45, 7) is 13.9. The third-order valence-corrected chi connectivity index (χ3v) is 13.3. The summed E-state index contributed by atoms with van der Waals surface area (Å²) in [4.78, 5) is 4.77. The lowest BCUT2D eigenvalue weighted by Gasteiger charge is -2.42. The van der Waals surface area contributed by atoms with Gasteiger partial charge in [0.25, 0.3) is 13.4 Å². The summed E-state index contributed by atoms with van der Waals surface area (Å²) in [5.41, 5.74) is 18.0. The number of rotatable bonds is 8. The molecule has 0 fully saturated rings. The molecule has 11 rings (SSSR count). The molecule has 0 aliphatic carbocycles. The van der Waals surface area contributed by atoms with Gasteiger partial charge in [-0.2, -0.15) is 0 Å². The van der Waals surface area contributed by atoms with Crippen LogP contribution in [0.25, 0.3) is 0 Å². The van der Waals surface area contributed by atoms with Crippen molar-refractivity contribution in [3.63, 3.8) is 0 Å². The molecular weight excluding hydrogens is 766 g/mol. The van der Waals surface area contributed by atoms with Crippen LogP contribution in [-0.4, -0.2) is 13.4 Å². The summed E-state index contributed by atoms with van der Waals surface area (Å²) in [5, 5.41) is 0. The lowest BCUT2D eigenvalue weighted by atomic mass is 9.31. The standard InChI is InChI=1S/C57H50B2N2O2/c1-36(2)39-30-44(37(3)4)56(45(31-39)38(5)6)59-47-27-17-18-28-52(47)62-54-35-50-48(34-49(54)59)58-46-26-16-19-29-53(46)63-55-33-43(32-51(57(55)58)61(50)42-24-14-9-15-25-42)60(40-20-10-7-11-21-40)41-22-12-8-13-23-41/h7-38H,1-6H3. The Balaban J connectivity index is 1.21. The predicted molar refractivity (Wildman–Crippen MR) is 267 cm³/mol. The minimum absolute atomic E-state index is 0.0277. The number of nitrogens with zero attached hydrogens (tertiary/aromatic N) is 2. The Labute approximate surface area is 372 Å². The molecule has 0 aromatic heterocycles. The third kappa shape index (κ3) is 6.46. The van der Waals surface area contributed by atoms with Gasteiger partial charge in [-0.25, -0.2) is 0 Å². The maximum absolute atomic E-state index is 7.12. The van der Waals surface area contributed by atoms with E-state index in [0.717, 1.165) is 68.0 Å². The summed E-state index contributed by atoms with van der Waals surface area (Å²) in [6.07, 6.45) is 0.